The van der Waals surface area contributed by atoms with Gasteiger partial charge in [-0.2, -0.15) is 0 Å². The topological polar surface area (TPSA) is 84.3 Å². The van der Waals surface area contributed by atoms with E-state index >= 15 is 0 Å². The highest BCUT2D eigenvalue weighted by Crippen LogP contribution is 2.29. The van der Waals surface area contributed by atoms with Gasteiger partial charge < -0.3 is 15.2 Å². The number of carbonyl (C=O) groups is 1. The monoisotopic (exact) mass is 279 g/mol. The number of hydrogen-bond donors (Lipinski definition) is 2. The van der Waals surface area contributed by atoms with Gasteiger partial charge >= 0.3 is 0 Å². The largest absolute Gasteiger partial charge is 0.504 e. The van der Waals surface area contributed by atoms with Crippen molar-refractivity contribution in [1.82, 2.24) is 10.2 Å². The van der Waals surface area contributed by atoms with Crippen molar-refractivity contribution in [3.63, 3.8) is 0 Å². The number of para-hydroxylation sites is 1. The number of methoxy groups -OCH3 is 1. The second-order valence-electron chi connectivity index (χ2n) is 3.55. The van der Waals surface area contributed by atoms with E-state index < -0.39 is 5.91 Å². The van der Waals surface area contributed by atoms with Crippen LogP contribution in [0.15, 0.2) is 30.3 Å². The Morgan fingerprint density at radius 1 is 1.32 bits per heavy atom. The Morgan fingerprint density at radius 3 is 2.74 bits per heavy atom. The molecule has 19 heavy (non-hydrogen) atoms. The number of nitrogens with one attached hydrogen (secondary N) is 1. The Hall–Kier alpha value is -2.34. The van der Waals surface area contributed by atoms with Crippen LogP contribution in [0.4, 0.5) is 5.82 Å². The normalized spacial score (nSPS) is 10.0. The average molecular weight is 280 g/mol. The first kappa shape index (κ1) is 13.1. The van der Waals surface area contributed by atoms with Gasteiger partial charge in [-0.15, -0.1) is 10.2 Å². The molecule has 2 aromatic rings. The maximum absolute atomic E-state index is 12.0. The first-order valence-electron chi connectivity index (χ1n) is 5.28. The van der Waals surface area contributed by atoms with Crippen molar-refractivity contribution in [2.24, 2.45) is 0 Å². The van der Waals surface area contributed by atoms with Gasteiger partial charge in [0.25, 0.3) is 5.91 Å². The summed E-state index contributed by atoms with van der Waals surface area (Å²) in [6.45, 7) is 0. The molecular weight excluding hydrogens is 270 g/mol. The lowest BCUT2D eigenvalue weighted by atomic mass is 10.1. The predicted octanol–water partition coefficient (Wildman–Crippen LogP) is 2.10. The molecule has 7 heteroatoms. The van der Waals surface area contributed by atoms with Crippen LogP contribution in [-0.4, -0.2) is 28.3 Å². The molecular formula is C12H10ClN3O3. The van der Waals surface area contributed by atoms with E-state index in [2.05, 4.69) is 15.5 Å². The molecule has 0 saturated carbocycles. The van der Waals surface area contributed by atoms with E-state index in [4.69, 9.17) is 16.3 Å². The average Bonchev–Trinajstić information content (AvgIpc) is 2.41. The molecule has 1 heterocycles. The number of phenolic OH excluding ortho intramolecular Hbond substituents is 1. The summed E-state index contributed by atoms with van der Waals surface area (Å²) in [5, 5.41) is 19.8. The van der Waals surface area contributed by atoms with Gasteiger partial charge in [0.05, 0.1) is 12.7 Å². The third kappa shape index (κ3) is 2.92. The van der Waals surface area contributed by atoms with Crippen LogP contribution in [0.2, 0.25) is 5.15 Å². The van der Waals surface area contributed by atoms with Crippen LogP contribution in [0.3, 0.4) is 0 Å². The minimum Gasteiger partial charge on any atom is -0.504 e. The SMILES string of the molecule is COc1cccc(C(=O)Nc2ccc(Cl)nn2)c1O. The number of benzene rings is 1. The molecule has 0 aliphatic heterocycles. The van der Waals surface area contributed by atoms with Gasteiger partial charge in [0.1, 0.15) is 0 Å². The molecule has 0 atom stereocenters. The van der Waals surface area contributed by atoms with E-state index in [9.17, 15) is 9.90 Å². The maximum atomic E-state index is 12.0. The molecule has 0 fully saturated rings. The number of amides is 1. The third-order valence-corrected chi connectivity index (χ3v) is 2.54. The number of aromatic nitrogens is 2. The zero-order chi connectivity index (χ0) is 13.8. The zero-order valence-electron chi connectivity index (χ0n) is 9.92. The number of nitrogens with zero attached hydrogens (tertiary/aromatic N) is 2. The summed E-state index contributed by atoms with van der Waals surface area (Å²) in [5.74, 6) is -0.302. The number of hydrogen-bond acceptors (Lipinski definition) is 5. The lowest BCUT2D eigenvalue weighted by Crippen LogP contribution is -2.13. The summed E-state index contributed by atoms with van der Waals surface area (Å²) >= 11 is 5.59. The van der Waals surface area contributed by atoms with Crippen LogP contribution in [-0.2, 0) is 0 Å². The Balaban J connectivity index is 2.23. The van der Waals surface area contributed by atoms with Gasteiger partial charge in [0.2, 0.25) is 0 Å². The number of aromatic hydroxyl groups is 1. The summed E-state index contributed by atoms with van der Waals surface area (Å²) in [6, 6.07) is 7.62. The molecule has 0 aliphatic carbocycles. The summed E-state index contributed by atoms with van der Waals surface area (Å²) in [7, 11) is 1.40. The fourth-order valence-electron chi connectivity index (χ4n) is 1.44. The summed E-state index contributed by atoms with van der Waals surface area (Å²) < 4.78 is 4.93. The molecule has 0 spiro atoms. The quantitative estimate of drug-likeness (QED) is 0.899. The van der Waals surface area contributed by atoms with Crippen LogP contribution in [0.5, 0.6) is 11.5 Å². The van der Waals surface area contributed by atoms with Crippen molar-refractivity contribution in [2.45, 2.75) is 0 Å². The standard InChI is InChI=1S/C12H10ClN3O3/c1-19-8-4-2-3-7(11(8)17)12(18)14-10-6-5-9(13)15-16-10/h2-6,17H,1H3,(H,14,16,18). The fraction of sp³-hybridized carbons (Fsp3) is 0.0833. The smallest absolute Gasteiger partial charge is 0.260 e. The van der Waals surface area contributed by atoms with Crippen LogP contribution in [0.25, 0.3) is 0 Å². The maximum Gasteiger partial charge on any atom is 0.260 e. The Morgan fingerprint density at radius 2 is 2.11 bits per heavy atom. The highest BCUT2D eigenvalue weighted by atomic mass is 35.5. The zero-order valence-corrected chi connectivity index (χ0v) is 10.7. The number of halogens is 1. The number of ether oxygens (including phenoxy) is 1. The van der Waals surface area contributed by atoms with Crippen molar-refractivity contribution in [3.05, 3.63) is 41.0 Å². The van der Waals surface area contributed by atoms with E-state index in [1.165, 1.54) is 25.3 Å². The van der Waals surface area contributed by atoms with Gasteiger partial charge in [-0.3, -0.25) is 4.79 Å². The molecule has 0 saturated heterocycles. The van der Waals surface area contributed by atoms with Gasteiger partial charge in [-0.1, -0.05) is 17.7 Å². The number of anilines is 1. The molecule has 1 amide bonds. The minimum atomic E-state index is -0.520. The molecule has 0 bridgehead atoms. The van der Waals surface area contributed by atoms with E-state index in [0.717, 1.165) is 0 Å². The highest BCUT2D eigenvalue weighted by molar-refractivity contribution is 6.29. The number of rotatable bonds is 3. The number of carbonyl (C=O) groups excluding carboxylic acids is 1. The van der Waals surface area contributed by atoms with E-state index in [1.54, 1.807) is 12.1 Å². The van der Waals surface area contributed by atoms with Crippen molar-refractivity contribution >= 4 is 23.3 Å². The molecule has 6 nitrogen and oxygen atoms in total. The Kier molecular flexibility index (Phi) is 3.82. The van der Waals surface area contributed by atoms with Crippen molar-refractivity contribution in [3.8, 4) is 11.5 Å². The van der Waals surface area contributed by atoms with E-state index in [1.807, 2.05) is 0 Å². The summed E-state index contributed by atoms with van der Waals surface area (Å²) in [4.78, 5) is 12.0. The molecule has 0 unspecified atom stereocenters. The van der Waals surface area contributed by atoms with Crippen LogP contribution in [0, 0.1) is 0 Å². The first-order valence-corrected chi connectivity index (χ1v) is 5.66. The van der Waals surface area contributed by atoms with Crippen molar-refractivity contribution < 1.29 is 14.6 Å². The number of phenols is 1. The summed E-state index contributed by atoms with van der Waals surface area (Å²) in [6.07, 6.45) is 0. The lowest BCUT2D eigenvalue weighted by Gasteiger charge is -2.08. The third-order valence-electron chi connectivity index (χ3n) is 2.34. The molecule has 1 aromatic carbocycles. The molecule has 2 rings (SSSR count). The van der Waals surface area contributed by atoms with Gasteiger partial charge in [0.15, 0.2) is 22.5 Å². The molecule has 0 radical (unpaired) electrons. The fourth-order valence-corrected chi connectivity index (χ4v) is 1.54. The van der Waals surface area contributed by atoms with Crippen LogP contribution >= 0.6 is 11.6 Å². The molecule has 0 aliphatic rings. The Labute approximate surface area is 114 Å². The molecule has 98 valence electrons. The van der Waals surface area contributed by atoms with Crippen LogP contribution in [0.1, 0.15) is 10.4 Å². The minimum absolute atomic E-state index is 0.0797. The van der Waals surface area contributed by atoms with Gasteiger partial charge in [0, 0.05) is 0 Å². The second-order valence-corrected chi connectivity index (χ2v) is 3.94. The Bertz CT molecular complexity index is 602. The van der Waals surface area contributed by atoms with Gasteiger partial charge in [-0.05, 0) is 24.3 Å². The van der Waals surface area contributed by atoms with E-state index in [-0.39, 0.29) is 28.0 Å². The van der Waals surface area contributed by atoms with Gasteiger partial charge in [-0.25, -0.2) is 0 Å². The highest BCUT2D eigenvalue weighted by Gasteiger charge is 2.15. The van der Waals surface area contributed by atoms with Crippen LogP contribution < -0.4 is 10.1 Å². The lowest BCUT2D eigenvalue weighted by molar-refractivity contribution is 0.102. The second kappa shape index (κ2) is 5.53. The summed E-state index contributed by atoms with van der Waals surface area (Å²) in [5.41, 5.74) is 0.0797. The molecule has 1 aromatic heterocycles. The van der Waals surface area contributed by atoms with Crippen molar-refractivity contribution in [1.29, 1.82) is 0 Å². The van der Waals surface area contributed by atoms with Crippen molar-refractivity contribution in [2.75, 3.05) is 12.4 Å². The van der Waals surface area contributed by atoms with E-state index in [0.29, 0.717) is 0 Å². The predicted molar refractivity (Wildman–Crippen MR) is 69.7 cm³/mol. The first-order chi connectivity index (χ1) is 9.11. The molecule has 2 N–H and O–H groups in total.